The van der Waals surface area contributed by atoms with Crippen molar-refractivity contribution in [2.24, 2.45) is 0 Å². The Kier molecular flexibility index (Phi) is 26.2. The smallest absolute Gasteiger partial charge is 0.306 e. The number of unbranched alkanes of at least 4 members (excludes halogenated alkanes) is 18. The normalized spacial score (nSPS) is 12.3. The van der Waals surface area contributed by atoms with Gasteiger partial charge in [0.2, 0.25) is 0 Å². The lowest BCUT2D eigenvalue weighted by Crippen LogP contribution is -2.16. The standard InChI is InChI=1S/C31H58O4/c1-3-5-7-9-10-11-12-13-14-15-16-17-18-24-28-31(34)35-29(25-21-8-6-4-2)26-22-19-20-23-27-30(32)33/h21,25,29H,3-20,22-24,26-28H2,1-2H3,(H,32,33)/b25-21-. The molecule has 0 amide bonds. The zero-order valence-electron chi connectivity index (χ0n) is 23.4. The molecule has 0 fully saturated rings. The van der Waals surface area contributed by atoms with Crippen molar-refractivity contribution in [3.63, 3.8) is 0 Å². The molecule has 0 rings (SSSR count). The second kappa shape index (κ2) is 27.3. The van der Waals surface area contributed by atoms with Gasteiger partial charge in [-0.3, -0.25) is 9.59 Å². The van der Waals surface area contributed by atoms with E-state index >= 15 is 0 Å². The fraction of sp³-hybridized carbons (Fsp3) is 0.871. The summed E-state index contributed by atoms with van der Waals surface area (Å²) in [5.74, 6) is -0.792. The van der Waals surface area contributed by atoms with Gasteiger partial charge in [-0.25, -0.2) is 0 Å². The largest absolute Gasteiger partial charge is 0.481 e. The number of rotatable bonds is 27. The molecule has 0 aromatic carbocycles. The van der Waals surface area contributed by atoms with Gasteiger partial charge in [-0.1, -0.05) is 129 Å². The van der Waals surface area contributed by atoms with E-state index in [1.165, 1.54) is 77.0 Å². The third-order valence-corrected chi connectivity index (χ3v) is 6.72. The average Bonchev–Trinajstić information content (AvgIpc) is 2.83. The molecule has 4 heteroatoms. The third kappa shape index (κ3) is 27.1. The molecule has 0 aliphatic heterocycles. The lowest BCUT2D eigenvalue weighted by Gasteiger charge is -2.15. The number of hydrogen-bond acceptors (Lipinski definition) is 3. The minimum absolute atomic E-state index is 0.0695. The summed E-state index contributed by atoms with van der Waals surface area (Å²) in [6.07, 6.45) is 31.0. The molecule has 0 saturated carbocycles. The molecule has 0 aromatic rings. The predicted octanol–water partition coefficient (Wildman–Crippen LogP) is 9.94. The van der Waals surface area contributed by atoms with Gasteiger partial charge in [0, 0.05) is 12.8 Å². The number of carboxylic acid groups (broad SMARTS) is 1. The SMILES string of the molecule is CCCC/C=C\C(CCCCCCC(=O)O)OC(=O)CCCCCCCCCCCCCCCC. The van der Waals surface area contributed by atoms with Crippen LogP contribution in [0.3, 0.4) is 0 Å². The van der Waals surface area contributed by atoms with Crippen LogP contribution in [0.2, 0.25) is 0 Å². The van der Waals surface area contributed by atoms with Gasteiger partial charge in [0.15, 0.2) is 0 Å². The van der Waals surface area contributed by atoms with Gasteiger partial charge in [0.05, 0.1) is 0 Å². The second-order valence-corrected chi connectivity index (χ2v) is 10.3. The van der Waals surface area contributed by atoms with E-state index < -0.39 is 5.97 Å². The first-order valence-corrected chi connectivity index (χ1v) is 15.2. The van der Waals surface area contributed by atoms with Crippen LogP contribution in [0.15, 0.2) is 12.2 Å². The van der Waals surface area contributed by atoms with Gasteiger partial charge in [0.1, 0.15) is 6.10 Å². The molecule has 0 heterocycles. The van der Waals surface area contributed by atoms with Gasteiger partial charge < -0.3 is 9.84 Å². The minimum atomic E-state index is -0.723. The molecule has 0 radical (unpaired) electrons. The Bertz CT molecular complexity index is 500. The number of esters is 1. The van der Waals surface area contributed by atoms with Crippen LogP contribution in [0.4, 0.5) is 0 Å². The van der Waals surface area contributed by atoms with Crippen molar-refractivity contribution < 1.29 is 19.4 Å². The highest BCUT2D eigenvalue weighted by molar-refractivity contribution is 5.69. The summed E-state index contributed by atoms with van der Waals surface area (Å²) in [7, 11) is 0. The lowest BCUT2D eigenvalue weighted by molar-refractivity contribution is -0.147. The molecule has 206 valence electrons. The molecule has 0 aliphatic carbocycles. The fourth-order valence-electron chi connectivity index (χ4n) is 4.43. The molecule has 0 aliphatic rings. The van der Waals surface area contributed by atoms with E-state index in [1.54, 1.807) is 0 Å². The summed E-state index contributed by atoms with van der Waals surface area (Å²) in [6.45, 7) is 4.45. The highest BCUT2D eigenvalue weighted by Crippen LogP contribution is 2.15. The van der Waals surface area contributed by atoms with Gasteiger partial charge in [-0.15, -0.1) is 0 Å². The van der Waals surface area contributed by atoms with Crippen LogP contribution >= 0.6 is 0 Å². The van der Waals surface area contributed by atoms with Crippen LogP contribution < -0.4 is 0 Å². The maximum Gasteiger partial charge on any atom is 0.306 e. The van der Waals surface area contributed by atoms with E-state index in [1.807, 2.05) is 0 Å². The van der Waals surface area contributed by atoms with Crippen molar-refractivity contribution in [2.75, 3.05) is 0 Å². The first kappa shape index (κ1) is 33.7. The Balaban J connectivity index is 3.81. The number of carboxylic acids is 1. The minimum Gasteiger partial charge on any atom is -0.481 e. The number of hydrogen-bond donors (Lipinski definition) is 1. The summed E-state index contributed by atoms with van der Waals surface area (Å²) < 4.78 is 5.77. The Morgan fingerprint density at radius 3 is 1.60 bits per heavy atom. The van der Waals surface area contributed by atoms with E-state index in [-0.39, 0.29) is 18.5 Å². The Labute approximate surface area is 217 Å². The number of aliphatic carboxylic acids is 1. The fourth-order valence-corrected chi connectivity index (χ4v) is 4.43. The van der Waals surface area contributed by atoms with Gasteiger partial charge >= 0.3 is 11.9 Å². The molecule has 4 nitrogen and oxygen atoms in total. The zero-order valence-corrected chi connectivity index (χ0v) is 23.4. The van der Waals surface area contributed by atoms with E-state index in [2.05, 4.69) is 26.0 Å². The molecule has 0 bridgehead atoms. The monoisotopic (exact) mass is 494 g/mol. The molecule has 35 heavy (non-hydrogen) atoms. The van der Waals surface area contributed by atoms with Crippen LogP contribution in [0.25, 0.3) is 0 Å². The summed E-state index contributed by atoms with van der Waals surface area (Å²) in [5.41, 5.74) is 0. The summed E-state index contributed by atoms with van der Waals surface area (Å²) in [4.78, 5) is 23.0. The number of carbonyl (C=O) groups excluding carboxylic acids is 1. The van der Waals surface area contributed by atoms with Crippen LogP contribution in [0.5, 0.6) is 0 Å². The van der Waals surface area contributed by atoms with E-state index in [0.717, 1.165) is 64.2 Å². The van der Waals surface area contributed by atoms with Crippen molar-refractivity contribution in [1.82, 2.24) is 0 Å². The maximum atomic E-state index is 12.3. The van der Waals surface area contributed by atoms with Crippen molar-refractivity contribution in [3.05, 3.63) is 12.2 Å². The Morgan fingerprint density at radius 1 is 0.629 bits per heavy atom. The quantitative estimate of drug-likeness (QED) is 0.0701. The maximum absolute atomic E-state index is 12.3. The summed E-state index contributed by atoms with van der Waals surface area (Å²) in [5, 5.41) is 8.73. The molecule has 0 spiro atoms. The first-order valence-electron chi connectivity index (χ1n) is 15.2. The Morgan fingerprint density at radius 2 is 1.09 bits per heavy atom. The second-order valence-electron chi connectivity index (χ2n) is 10.3. The van der Waals surface area contributed by atoms with Crippen molar-refractivity contribution in [2.45, 2.75) is 174 Å². The number of carbonyl (C=O) groups is 2. The average molecular weight is 495 g/mol. The van der Waals surface area contributed by atoms with Crippen molar-refractivity contribution in [1.29, 1.82) is 0 Å². The van der Waals surface area contributed by atoms with Crippen LogP contribution in [-0.4, -0.2) is 23.1 Å². The lowest BCUT2D eigenvalue weighted by atomic mass is 10.0. The third-order valence-electron chi connectivity index (χ3n) is 6.72. The van der Waals surface area contributed by atoms with Gasteiger partial charge in [0.25, 0.3) is 0 Å². The molecular weight excluding hydrogens is 436 g/mol. The molecule has 1 atom stereocenters. The van der Waals surface area contributed by atoms with Crippen LogP contribution in [0.1, 0.15) is 168 Å². The molecule has 0 aromatic heterocycles. The molecule has 1 N–H and O–H groups in total. The van der Waals surface area contributed by atoms with Crippen LogP contribution in [-0.2, 0) is 14.3 Å². The number of ether oxygens (including phenoxy) is 1. The number of allylic oxidation sites excluding steroid dienone is 1. The molecular formula is C31H58O4. The summed E-state index contributed by atoms with van der Waals surface area (Å²) >= 11 is 0. The molecule has 1 unspecified atom stereocenters. The summed E-state index contributed by atoms with van der Waals surface area (Å²) in [6, 6.07) is 0. The predicted molar refractivity (Wildman–Crippen MR) is 149 cm³/mol. The molecule has 0 saturated heterocycles. The highest BCUT2D eigenvalue weighted by atomic mass is 16.5. The van der Waals surface area contributed by atoms with Gasteiger partial charge in [-0.05, 0) is 38.2 Å². The van der Waals surface area contributed by atoms with E-state index in [0.29, 0.717) is 6.42 Å². The highest BCUT2D eigenvalue weighted by Gasteiger charge is 2.11. The van der Waals surface area contributed by atoms with E-state index in [9.17, 15) is 9.59 Å². The van der Waals surface area contributed by atoms with Gasteiger partial charge in [-0.2, -0.15) is 0 Å². The Hall–Kier alpha value is -1.32. The first-order chi connectivity index (χ1) is 17.1. The zero-order chi connectivity index (χ0) is 25.8. The van der Waals surface area contributed by atoms with Crippen molar-refractivity contribution in [3.8, 4) is 0 Å². The van der Waals surface area contributed by atoms with Crippen LogP contribution in [0, 0.1) is 0 Å². The van der Waals surface area contributed by atoms with E-state index in [4.69, 9.17) is 9.84 Å². The topological polar surface area (TPSA) is 63.6 Å². The van der Waals surface area contributed by atoms with Crippen molar-refractivity contribution >= 4 is 11.9 Å².